The number of pyridine rings is 1. The van der Waals surface area contributed by atoms with Crippen molar-refractivity contribution >= 4 is 34.3 Å². The fraction of sp³-hybridized carbons (Fsp3) is 0.424. The SMILES string of the molecule is COc1cc2nc(CN3CCN(c4cccc5c4O[C@@](C)(c4ccc(Cl)cn4)O5)[C@H]4CC[C@H]43)n(C[C@@H]3CCO3)c2cc1C(=O)O. The van der Waals surface area contributed by atoms with Gasteiger partial charge < -0.3 is 33.5 Å². The van der Waals surface area contributed by atoms with Crippen LogP contribution in [0.5, 0.6) is 17.2 Å². The molecular formula is C33H34ClN5O6. The van der Waals surface area contributed by atoms with Gasteiger partial charge in [0, 0.05) is 51.0 Å². The van der Waals surface area contributed by atoms with Crippen molar-refractivity contribution in [3.8, 4) is 17.2 Å². The van der Waals surface area contributed by atoms with Gasteiger partial charge in [-0.25, -0.2) is 9.78 Å². The molecular weight excluding hydrogens is 598 g/mol. The van der Waals surface area contributed by atoms with E-state index in [2.05, 4.69) is 25.4 Å². The Hall–Kier alpha value is -4.06. The number of piperazine rings is 1. The van der Waals surface area contributed by atoms with Gasteiger partial charge in [0.05, 0.1) is 48.0 Å². The summed E-state index contributed by atoms with van der Waals surface area (Å²) in [4.78, 5) is 26.5. The molecule has 45 heavy (non-hydrogen) atoms. The Morgan fingerprint density at radius 2 is 1.98 bits per heavy atom. The van der Waals surface area contributed by atoms with E-state index in [1.165, 1.54) is 7.11 Å². The number of para-hydroxylation sites is 1. The number of rotatable bonds is 8. The second-order valence-corrected chi connectivity index (χ2v) is 12.7. The van der Waals surface area contributed by atoms with Crippen LogP contribution < -0.4 is 19.1 Å². The summed E-state index contributed by atoms with van der Waals surface area (Å²) in [6.45, 7) is 5.59. The Kier molecular flexibility index (Phi) is 6.81. The lowest BCUT2D eigenvalue weighted by molar-refractivity contribution is -0.0717. The molecule has 3 fully saturated rings. The highest BCUT2D eigenvalue weighted by Crippen LogP contribution is 2.51. The van der Waals surface area contributed by atoms with Gasteiger partial charge in [-0.3, -0.25) is 9.88 Å². The van der Waals surface area contributed by atoms with Crippen LogP contribution in [0, 0.1) is 0 Å². The molecule has 0 unspecified atom stereocenters. The molecule has 2 aromatic carbocycles. The minimum absolute atomic E-state index is 0.0981. The van der Waals surface area contributed by atoms with E-state index in [-0.39, 0.29) is 11.7 Å². The van der Waals surface area contributed by atoms with E-state index in [0.717, 1.165) is 67.3 Å². The molecule has 0 bridgehead atoms. The summed E-state index contributed by atoms with van der Waals surface area (Å²) in [5.74, 6) is 0.587. The molecule has 0 radical (unpaired) electrons. The second kappa shape index (κ2) is 10.8. The summed E-state index contributed by atoms with van der Waals surface area (Å²) in [6.07, 6.45) is 4.84. The average molecular weight is 632 g/mol. The fourth-order valence-electron chi connectivity index (χ4n) is 7.08. The van der Waals surface area contributed by atoms with Gasteiger partial charge in [0.15, 0.2) is 11.5 Å². The summed E-state index contributed by atoms with van der Waals surface area (Å²) in [7, 11) is 1.48. The zero-order valence-electron chi connectivity index (χ0n) is 25.1. The number of imidazole rings is 1. The van der Waals surface area contributed by atoms with Crippen molar-refractivity contribution in [2.75, 3.05) is 31.7 Å². The smallest absolute Gasteiger partial charge is 0.339 e. The number of aromatic carboxylic acids is 1. The lowest BCUT2D eigenvalue weighted by Gasteiger charge is -2.54. The van der Waals surface area contributed by atoms with Crippen LogP contribution in [-0.4, -0.2) is 75.5 Å². The van der Waals surface area contributed by atoms with Crippen LogP contribution in [0.1, 0.15) is 48.1 Å². The summed E-state index contributed by atoms with van der Waals surface area (Å²) >= 11 is 6.08. The Bertz CT molecular complexity index is 1790. The minimum atomic E-state index is -1.05. The van der Waals surface area contributed by atoms with Crippen LogP contribution in [-0.2, 0) is 23.6 Å². The van der Waals surface area contributed by atoms with Crippen LogP contribution in [0.25, 0.3) is 11.0 Å². The quantitative estimate of drug-likeness (QED) is 0.283. The normalized spacial score (nSPS) is 25.5. The summed E-state index contributed by atoms with van der Waals surface area (Å²) < 4.78 is 26.2. The number of anilines is 1. The molecule has 2 saturated heterocycles. The van der Waals surface area contributed by atoms with Gasteiger partial charge in [-0.15, -0.1) is 0 Å². The van der Waals surface area contributed by atoms with Crippen molar-refractivity contribution in [3.63, 3.8) is 0 Å². The summed E-state index contributed by atoms with van der Waals surface area (Å²) in [6, 6.07) is 13.8. The first-order valence-corrected chi connectivity index (χ1v) is 15.7. The van der Waals surface area contributed by atoms with Crippen LogP contribution >= 0.6 is 11.6 Å². The number of hydrogen-bond acceptors (Lipinski definition) is 9. The number of aromatic nitrogens is 3. The van der Waals surface area contributed by atoms with Crippen molar-refractivity contribution < 1.29 is 28.8 Å². The molecule has 8 rings (SSSR count). The molecule has 0 spiro atoms. The predicted octanol–water partition coefficient (Wildman–Crippen LogP) is 5.08. The van der Waals surface area contributed by atoms with Crippen LogP contribution in [0.4, 0.5) is 5.69 Å². The van der Waals surface area contributed by atoms with Crippen molar-refractivity contribution in [3.05, 3.63) is 70.8 Å². The number of fused-ring (bicyclic) bond motifs is 3. The van der Waals surface area contributed by atoms with Gasteiger partial charge in [-0.1, -0.05) is 17.7 Å². The number of hydrogen-bond donors (Lipinski definition) is 1. The highest BCUT2D eigenvalue weighted by Gasteiger charge is 2.47. The molecule has 12 heteroatoms. The van der Waals surface area contributed by atoms with E-state index < -0.39 is 11.8 Å². The maximum Gasteiger partial charge on any atom is 0.339 e. The molecule has 5 heterocycles. The van der Waals surface area contributed by atoms with Crippen LogP contribution in [0.2, 0.25) is 5.02 Å². The number of carboxylic acid groups (broad SMARTS) is 1. The van der Waals surface area contributed by atoms with E-state index in [1.54, 1.807) is 24.4 Å². The van der Waals surface area contributed by atoms with Gasteiger partial charge >= 0.3 is 5.97 Å². The van der Waals surface area contributed by atoms with Gasteiger partial charge in [0.2, 0.25) is 0 Å². The molecule has 1 saturated carbocycles. The summed E-state index contributed by atoms with van der Waals surface area (Å²) in [5, 5.41) is 10.4. The third kappa shape index (κ3) is 4.76. The molecule has 1 aliphatic carbocycles. The lowest BCUT2D eigenvalue weighted by atomic mass is 9.81. The Balaban J connectivity index is 1.06. The first-order chi connectivity index (χ1) is 21.8. The molecule has 4 atom stereocenters. The third-order valence-electron chi connectivity index (χ3n) is 9.66. The Morgan fingerprint density at radius 1 is 1.13 bits per heavy atom. The first kappa shape index (κ1) is 28.4. The molecule has 234 valence electrons. The second-order valence-electron chi connectivity index (χ2n) is 12.3. The molecule has 0 amide bonds. The monoisotopic (exact) mass is 631 g/mol. The maximum atomic E-state index is 12.0. The predicted molar refractivity (Wildman–Crippen MR) is 166 cm³/mol. The highest BCUT2D eigenvalue weighted by atomic mass is 35.5. The Labute approximate surface area is 265 Å². The fourth-order valence-corrected chi connectivity index (χ4v) is 7.19. The van der Waals surface area contributed by atoms with Crippen molar-refractivity contribution in [2.24, 2.45) is 0 Å². The third-order valence-corrected chi connectivity index (χ3v) is 9.89. The number of halogens is 1. The van der Waals surface area contributed by atoms with E-state index in [4.69, 9.17) is 35.5 Å². The number of benzene rings is 2. The molecule has 4 aliphatic rings. The van der Waals surface area contributed by atoms with Gasteiger partial charge in [-0.2, -0.15) is 0 Å². The van der Waals surface area contributed by atoms with E-state index in [9.17, 15) is 9.90 Å². The number of ether oxygens (including phenoxy) is 4. The van der Waals surface area contributed by atoms with Gasteiger partial charge in [-0.05, 0) is 49.6 Å². The lowest BCUT2D eigenvalue weighted by Crippen LogP contribution is -2.64. The minimum Gasteiger partial charge on any atom is -0.496 e. The number of nitrogens with zero attached hydrogens (tertiary/aromatic N) is 5. The van der Waals surface area contributed by atoms with Crippen LogP contribution in [0.15, 0.2) is 48.7 Å². The molecule has 11 nitrogen and oxygen atoms in total. The molecule has 4 aromatic rings. The average Bonchev–Trinajstić information content (AvgIpc) is 3.51. The molecule has 1 N–H and O–H groups in total. The maximum absolute atomic E-state index is 12.0. The van der Waals surface area contributed by atoms with Gasteiger partial charge in [0.1, 0.15) is 22.8 Å². The number of carboxylic acids is 1. The highest BCUT2D eigenvalue weighted by molar-refractivity contribution is 6.30. The van der Waals surface area contributed by atoms with Crippen molar-refractivity contribution in [2.45, 2.75) is 63.3 Å². The number of methoxy groups -OCH3 is 1. The first-order valence-electron chi connectivity index (χ1n) is 15.4. The number of carbonyl (C=O) groups is 1. The zero-order chi connectivity index (χ0) is 30.9. The Morgan fingerprint density at radius 3 is 2.67 bits per heavy atom. The zero-order valence-corrected chi connectivity index (χ0v) is 25.9. The van der Waals surface area contributed by atoms with E-state index in [0.29, 0.717) is 47.4 Å². The topological polar surface area (TPSA) is 111 Å². The largest absolute Gasteiger partial charge is 0.496 e. The van der Waals surface area contributed by atoms with E-state index >= 15 is 0 Å². The molecule has 3 aliphatic heterocycles. The van der Waals surface area contributed by atoms with Gasteiger partial charge in [0.25, 0.3) is 5.79 Å². The summed E-state index contributed by atoms with van der Waals surface area (Å²) in [5.41, 5.74) is 3.33. The standard InChI is InChI=1S/C33H34ClN5O6/c1-33(29-9-6-19(34)16-35-29)44-27-5-3-4-25(31(27)45-33)38-12-11-37(23-7-8-24(23)38)18-30-36-22-15-28(42-2)21(32(40)41)14-26(22)39(30)17-20-10-13-43-20/h3-6,9,14-16,20,23-24H,7-8,10-13,17-18H2,1-2H3,(H,40,41)/t20-,23+,24-,33-/m0/s1. The van der Waals surface area contributed by atoms with E-state index in [1.807, 2.05) is 25.1 Å². The van der Waals surface area contributed by atoms with Crippen LogP contribution in [0.3, 0.4) is 0 Å². The van der Waals surface area contributed by atoms with Crippen molar-refractivity contribution in [1.29, 1.82) is 0 Å². The molecule has 2 aromatic heterocycles. The van der Waals surface area contributed by atoms with Crippen molar-refractivity contribution in [1.82, 2.24) is 19.4 Å².